The summed E-state index contributed by atoms with van der Waals surface area (Å²) < 4.78 is 36.5. The van der Waals surface area contributed by atoms with E-state index in [2.05, 4.69) is 9.47 Å². The van der Waals surface area contributed by atoms with E-state index < -0.39 is 33.6 Å². The number of aliphatic hydroxyl groups is 1. The molecule has 0 aromatic rings. The Morgan fingerprint density at radius 1 is 0.950 bits per heavy atom. The van der Waals surface area contributed by atoms with Crippen molar-refractivity contribution in [1.82, 2.24) is 4.90 Å². The molecule has 2 saturated heterocycles. The Balaban J connectivity index is 0. The van der Waals surface area contributed by atoms with Gasteiger partial charge in [0.15, 0.2) is 6.04 Å². The first kappa shape index (κ1) is 40.6. The largest absolute Gasteiger partial charge is 1.00 e. The number of methoxy groups -OCH3 is 2. The summed E-state index contributed by atoms with van der Waals surface area (Å²) >= 11 is 5.18. The Labute approximate surface area is 249 Å². The van der Waals surface area contributed by atoms with Crippen molar-refractivity contribution in [1.29, 1.82) is 0 Å². The molecule has 40 heavy (non-hydrogen) atoms. The van der Waals surface area contributed by atoms with Crippen LogP contribution in [0.2, 0.25) is 0 Å². The fraction of sp³-hybridized carbons (Fsp3) is 0.840. The van der Waals surface area contributed by atoms with Gasteiger partial charge in [0, 0.05) is 30.2 Å². The summed E-state index contributed by atoms with van der Waals surface area (Å²) in [5, 5.41) is 10.6. The van der Waals surface area contributed by atoms with Crippen LogP contribution >= 0.6 is 11.6 Å². The molecule has 4 fully saturated rings. The monoisotopic (exact) mass is 636 g/mol. The molecule has 0 spiro atoms. The number of rotatable bonds is 6. The van der Waals surface area contributed by atoms with Crippen molar-refractivity contribution in [2.75, 3.05) is 33.6 Å². The number of amides is 1. The average molecular weight is 638 g/mol. The fourth-order valence-electron chi connectivity index (χ4n) is 3.98. The van der Waals surface area contributed by atoms with Crippen LogP contribution in [0.5, 0.6) is 0 Å². The van der Waals surface area contributed by atoms with E-state index in [4.69, 9.17) is 20.9 Å². The smallest absolute Gasteiger partial charge is 0.364 e. The maximum Gasteiger partial charge on any atom is 0.364 e. The van der Waals surface area contributed by atoms with E-state index >= 15 is 0 Å². The molecule has 0 bridgehead atoms. The summed E-state index contributed by atoms with van der Waals surface area (Å²) in [6, 6.07) is -0.948. The molecule has 2 aliphatic carbocycles. The second kappa shape index (κ2) is 16.2. The zero-order chi connectivity index (χ0) is 28.2. The van der Waals surface area contributed by atoms with Gasteiger partial charge in [0.05, 0.1) is 26.6 Å². The van der Waals surface area contributed by atoms with Gasteiger partial charge in [-0.2, -0.15) is 8.42 Å². The fourth-order valence-corrected chi connectivity index (χ4v) is 4.80. The van der Waals surface area contributed by atoms with Gasteiger partial charge in [-0.25, -0.2) is 9.59 Å². The first-order valence-electron chi connectivity index (χ1n) is 12.1. The van der Waals surface area contributed by atoms with Crippen LogP contribution in [-0.2, 0) is 43.0 Å². The lowest BCUT2D eigenvalue weighted by Crippen LogP contribution is -3.00. The molecule has 4 atom stereocenters. The van der Waals surface area contributed by atoms with Gasteiger partial charge in [0.2, 0.25) is 11.1 Å². The van der Waals surface area contributed by atoms with Crippen LogP contribution in [-0.4, -0.2) is 99.4 Å². The van der Waals surface area contributed by atoms with E-state index in [-0.39, 0.29) is 74.9 Å². The van der Waals surface area contributed by atoms with Gasteiger partial charge in [0.25, 0.3) is 10.1 Å². The summed E-state index contributed by atoms with van der Waals surface area (Å²) in [6.45, 7) is 4.44. The zero-order valence-electron chi connectivity index (χ0n) is 22.3. The van der Waals surface area contributed by atoms with Crippen LogP contribution in [0.3, 0.4) is 0 Å². The van der Waals surface area contributed by atoms with Crippen LogP contribution in [0.4, 0.5) is 0 Å². The number of quaternary nitrogens is 1. The molecule has 15 heteroatoms. The molecule has 2 saturated carbocycles. The lowest BCUT2D eigenvalue weighted by molar-refractivity contribution is -0.661. The van der Waals surface area contributed by atoms with E-state index in [0.29, 0.717) is 13.0 Å². The molecular formula is C25H46Cl2N2O10S. The number of esters is 2. The highest BCUT2D eigenvalue weighted by molar-refractivity contribution is 7.86. The molecule has 0 aromatic carbocycles. The number of halogens is 2. The van der Waals surface area contributed by atoms with Crippen LogP contribution in [0, 0.1) is 10.8 Å². The summed E-state index contributed by atoms with van der Waals surface area (Å²) in [4.78, 5) is 46.6. The number of likely N-dealkylation sites (tertiary alicyclic amines) is 1. The molecule has 4 rings (SSSR count). The van der Waals surface area contributed by atoms with Crippen molar-refractivity contribution in [2.45, 2.75) is 91.5 Å². The molecule has 0 radical (unpaired) electrons. The van der Waals surface area contributed by atoms with Crippen molar-refractivity contribution < 1.29 is 64.1 Å². The Kier molecular flexibility index (Phi) is 16.5. The third-order valence-electron chi connectivity index (χ3n) is 7.02. The van der Waals surface area contributed by atoms with E-state index in [9.17, 15) is 27.6 Å². The Bertz CT molecular complexity index is 986. The minimum absolute atomic E-state index is 0. The molecule has 3 N–H and O–H groups in total. The number of nitrogens with two attached hydrogens (primary N) is 1. The standard InChI is InChI=1S/C12H19NO6S.C6H11NO3.C5H7ClO.2CH4.ClH/c1-12(4-5-12)11(15)13-7-8(19-20(3,16)17)6-9(13)10(14)18-2;1-10-6(9)5-2-4(8)3-7-5;1-5(2-3-5)4(6)7;;;/h8-9H,4-7H2,1-3H3;4-5,7-8H,2-3H2,1H3;2-3H2,1H3;2*1H4;1H/t8-,9+;4-,5+;;;;/m11..../s1. The van der Waals surface area contributed by atoms with Crippen LogP contribution in [0.25, 0.3) is 0 Å². The molecule has 0 unspecified atom stereocenters. The summed E-state index contributed by atoms with van der Waals surface area (Å²) in [6.07, 6.45) is 4.11. The van der Waals surface area contributed by atoms with E-state index in [1.54, 1.807) is 5.32 Å². The molecule has 2 aliphatic heterocycles. The molecule has 0 aromatic heterocycles. The van der Waals surface area contributed by atoms with Crippen LogP contribution in [0.15, 0.2) is 0 Å². The van der Waals surface area contributed by atoms with Gasteiger partial charge in [-0.1, -0.05) is 28.7 Å². The van der Waals surface area contributed by atoms with Crippen molar-refractivity contribution in [3.05, 3.63) is 0 Å². The zero-order valence-corrected chi connectivity index (χ0v) is 24.6. The number of carbonyl (C=O) groups is 4. The van der Waals surface area contributed by atoms with E-state index in [0.717, 1.165) is 31.9 Å². The maximum atomic E-state index is 12.4. The second-order valence-electron chi connectivity index (χ2n) is 10.5. The molecule has 1 amide bonds. The third-order valence-corrected chi connectivity index (χ3v) is 8.10. The minimum Gasteiger partial charge on any atom is -1.00 e. The number of nitrogens with zero attached hydrogens (tertiary/aromatic N) is 1. The third kappa shape index (κ3) is 11.8. The number of aliphatic hydroxyl groups excluding tert-OH is 1. The first-order chi connectivity index (χ1) is 17.0. The normalized spacial score (nSPS) is 26.4. The average Bonchev–Trinajstić information content (AvgIpc) is 3.66. The Morgan fingerprint density at radius 3 is 1.77 bits per heavy atom. The number of hydrogen-bond acceptors (Lipinski definition) is 10. The summed E-state index contributed by atoms with van der Waals surface area (Å²) in [7, 11) is -1.02. The number of carbonyl (C=O) groups excluding carboxylic acids is 4. The molecule has 236 valence electrons. The molecular weight excluding hydrogens is 591 g/mol. The van der Waals surface area contributed by atoms with Gasteiger partial charge < -0.3 is 37.2 Å². The van der Waals surface area contributed by atoms with Crippen LogP contribution < -0.4 is 17.7 Å². The van der Waals surface area contributed by atoms with E-state index in [1.165, 1.54) is 19.1 Å². The highest BCUT2D eigenvalue weighted by atomic mass is 35.5. The van der Waals surface area contributed by atoms with Gasteiger partial charge in [0.1, 0.15) is 18.7 Å². The summed E-state index contributed by atoms with van der Waals surface area (Å²) in [5.41, 5.74) is -0.548. The van der Waals surface area contributed by atoms with Crippen LogP contribution in [0.1, 0.15) is 67.2 Å². The lowest BCUT2D eigenvalue weighted by Gasteiger charge is -2.25. The topological polar surface area (TPSA) is 170 Å². The SMILES string of the molecule is C.C.CC1(C(=O)Cl)CC1.COC(=O)[C@@H]1C[C@@H](O)C[NH2+]1.COC(=O)[C@@H]1C[C@@H](OS(C)(=O)=O)CN1C(=O)C1(C)CC1.[Cl-]. The van der Waals surface area contributed by atoms with Gasteiger partial charge in [-0.3, -0.25) is 13.8 Å². The van der Waals surface area contributed by atoms with Gasteiger partial charge in [-0.15, -0.1) is 0 Å². The lowest BCUT2D eigenvalue weighted by atomic mass is 10.1. The Hall–Kier alpha value is -1.51. The molecule has 2 heterocycles. The first-order valence-corrected chi connectivity index (χ1v) is 14.3. The van der Waals surface area contributed by atoms with Gasteiger partial charge >= 0.3 is 11.9 Å². The highest BCUT2D eigenvalue weighted by Crippen LogP contribution is 2.48. The van der Waals surface area contributed by atoms with E-state index in [1.807, 2.05) is 13.8 Å². The molecule has 4 aliphatic rings. The van der Waals surface area contributed by atoms with Crippen molar-refractivity contribution in [3.63, 3.8) is 0 Å². The molecule has 12 nitrogen and oxygen atoms in total. The highest BCUT2D eigenvalue weighted by Gasteiger charge is 2.52. The minimum atomic E-state index is -3.62. The predicted molar refractivity (Wildman–Crippen MR) is 144 cm³/mol. The van der Waals surface area contributed by atoms with Crippen molar-refractivity contribution in [2.24, 2.45) is 10.8 Å². The summed E-state index contributed by atoms with van der Waals surface area (Å²) in [5.74, 6) is -0.911. The van der Waals surface area contributed by atoms with Gasteiger partial charge in [-0.05, 0) is 37.3 Å². The number of hydrogen-bond donors (Lipinski definition) is 2. The predicted octanol–water partition coefficient (Wildman–Crippen LogP) is -2.41. The quantitative estimate of drug-likeness (QED) is 0.182. The Morgan fingerprint density at radius 2 is 1.45 bits per heavy atom. The number of ether oxygens (including phenoxy) is 2. The maximum absolute atomic E-state index is 12.4. The second-order valence-corrected chi connectivity index (χ2v) is 12.5. The van der Waals surface area contributed by atoms with Crippen molar-refractivity contribution in [3.8, 4) is 0 Å². The van der Waals surface area contributed by atoms with Crippen molar-refractivity contribution >= 4 is 44.8 Å².